The van der Waals surface area contributed by atoms with Gasteiger partial charge in [-0.1, -0.05) is 45.0 Å². The molecule has 0 radical (unpaired) electrons. The third-order valence-electron chi connectivity index (χ3n) is 3.34. The first-order valence-electron chi connectivity index (χ1n) is 7.22. The predicted octanol–water partition coefficient (Wildman–Crippen LogP) is 3.24. The highest BCUT2D eigenvalue weighted by Crippen LogP contribution is 2.15. The van der Waals surface area contributed by atoms with Crippen molar-refractivity contribution in [2.75, 3.05) is 26.7 Å². The Morgan fingerprint density at radius 3 is 2.28 bits per heavy atom. The third-order valence-corrected chi connectivity index (χ3v) is 3.34. The Hall–Kier alpha value is -0.860. The molecule has 0 bridgehead atoms. The van der Waals surface area contributed by atoms with E-state index in [2.05, 4.69) is 62.3 Å². The maximum atomic E-state index is 3.58. The summed E-state index contributed by atoms with van der Waals surface area (Å²) in [5.74, 6) is 0. The second kappa shape index (κ2) is 8.28. The number of nitrogens with one attached hydrogen (secondary N) is 1. The van der Waals surface area contributed by atoms with Crippen molar-refractivity contribution < 1.29 is 0 Å². The van der Waals surface area contributed by atoms with Crippen molar-refractivity contribution >= 4 is 0 Å². The molecule has 0 saturated heterocycles. The van der Waals surface area contributed by atoms with Crippen LogP contribution < -0.4 is 5.32 Å². The molecule has 1 atom stereocenters. The molecule has 0 spiro atoms. The van der Waals surface area contributed by atoms with Crippen molar-refractivity contribution in [1.29, 1.82) is 0 Å². The van der Waals surface area contributed by atoms with Crippen LogP contribution in [-0.4, -0.2) is 31.6 Å². The summed E-state index contributed by atoms with van der Waals surface area (Å²) in [6, 6.07) is 9.48. The van der Waals surface area contributed by atoms with E-state index in [0.29, 0.717) is 6.04 Å². The van der Waals surface area contributed by atoms with Gasteiger partial charge in [-0.2, -0.15) is 0 Å². The van der Waals surface area contributed by atoms with Crippen LogP contribution in [0.15, 0.2) is 24.3 Å². The molecule has 0 aliphatic heterocycles. The number of aryl methyl sites for hydroxylation is 1. The maximum absolute atomic E-state index is 3.58. The third kappa shape index (κ3) is 4.79. The highest BCUT2D eigenvalue weighted by Gasteiger charge is 2.12. The van der Waals surface area contributed by atoms with Crippen LogP contribution in [0.4, 0.5) is 0 Å². The molecule has 2 nitrogen and oxygen atoms in total. The Morgan fingerprint density at radius 2 is 1.78 bits per heavy atom. The fourth-order valence-electron chi connectivity index (χ4n) is 2.30. The smallest absolute Gasteiger partial charge is 0.0449 e. The van der Waals surface area contributed by atoms with Crippen molar-refractivity contribution in [1.82, 2.24) is 10.2 Å². The van der Waals surface area contributed by atoms with Crippen LogP contribution in [0.1, 0.15) is 44.4 Å². The van der Waals surface area contributed by atoms with E-state index in [-0.39, 0.29) is 0 Å². The molecule has 2 heteroatoms. The minimum atomic E-state index is 0.442. The van der Waals surface area contributed by atoms with E-state index >= 15 is 0 Å². The van der Waals surface area contributed by atoms with Crippen LogP contribution in [-0.2, 0) is 6.42 Å². The molecule has 0 aromatic heterocycles. The monoisotopic (exact) mass is 248 g/mol. The van der Waals surface area contributed by atoms with Crippen LogP contribution in [0.5, 0.6) is 0 Å². The molecule has 0 aliphatic carbocycles. The lowest BCUT2D eigenvalue weighted by Gasteiger charge is -2.25. The fraction of sp³-hybridized carbons (Fsp3) is 0.625. The fourth-order valence-corrected chi connectivity index (χ4v) is 2.30. The van der Waals surface area contributed by atoms with Gasteiger partial charge in [0.15, 0.2) is 0 Å². The largest absolute Gasteiger partial charge is 0.309 e. The molecule has 0 aliphatic rings. The van der Waals surface area contributed by atoms with Crippen molar-refractivity contribution in [2.24, 2.45) is 0 Å². The van der Waals surface area contributed by atoms with E-state index in [9.17, 15) is 0 Å². The van der Waals surface area contributed by atoms with E-state index in [4.69, 9.17) is 0 Å². The zero-order valence-corrected chi connectivity index (χ0v) is 12.4. The first-order chi connectivity index (χ1) is 8.71. The van der Waals surface area contributed by atoms with Gasteiger partial charge in [0.05, 0.1) is 0 Å². The van der Waals surface area contributed by atoms with Crippen LogP contribution >= 0.6 is 0 Å². The van der Waals surface area contributed by atoms with Crippen molar-refractivity contribution in [2.45, 2.75) is 39.7 Å². The normalized spacial score (nSPS) is 12.9. The van der Waals surface area contributed by atoms with Gasteiger partial charge < -0.3 is 10.2 Å². The molecule has 0 amide bonds. The van der Waals surface area contributed by atoms with Gasteiger partial charge >= 0.3 is 0 Å². The predicted molar refractivity (Wildman–Crippen MR) is 80.0 cm³/mol. The molecule has 18 heavy (non-hydrogen) atoms. The highest BCUT2D eigenvalue weighted by molar-refractivity contribution is 5.25. The summed E-state index contributed by atoms with van der Waals surface area (Å²) in [6.45, 7) is 9.86. The first kappa shape index (κ1) is 15.2. The van der Waals surface area contributed by atoms with Gasteiger partial charge in [-0.25, -0.2) is 0 Å². The van der Waals surface area contributed by atoms with Crippen molar-refractivity contribution in [3.63, 3.8) is 0 Å². The zero-order valence-electron chi connectivity index (χ0n) is 12.4. The van der Waals surface area contributed by atoms with E-state index < -0.39 is 0 Å². The molecular formula is C16H28N2. The van der Waals surface area contributed by atoms with E-state index in [1.54, 1.807) is 0 Å². The van der Waals surface area contributed by atoms with Crippen molar-refractivity contribution in [3.05, 3.63) is 35.4 Å². The molecule has 1 aromatic rings. The Bertz CT molecular complexity index is 318. The van der Waals surface area contributed by atoms with E-state index in [1.165, 1.54) is 17.5 Å². The molecule has 1 N–H and O–H groups in total. The number of hydrogen-bond donors (Lipinski definition) is 1. The second-order valence-corrected chi connectivity index (χ2v) is 4.97. The van der Waals surface area contributed by atoms with Crippen LogP contribution in [0.3, 0.4) is 0 Å². The van der Waals surface area contributed by atoms with Crippen LogP contribution in [0, 0.1) is 0 Å². The van der Waals surface area contributed by atoms with E-state index in [0.717, 1.165) is 26.1 Å². The van der Waals surface area contributed by atoms with Gasteiger partial charge in [-0.3, -0.25) is 0 Å². The van der Waals surface area contributed by atoms with E-state index in [1.807, 2.05) is 0 Å². The second-order valence-electron chi connectivity index (χ2n) is 4.97. The average Bonchev–Trinajstić information content (AvgIpc) is 2.39. The lowest BCUT2D eigenvalue weighted by Crippen LogP contribution is -2.33. The average molecular weight is 248 g/mol. The number of likely N-dealkylation sites (N-methyl/N-ethyl adjacent to an activating group) is 2. The van der Waals surface area contributed by atoms with Gasteiger partial charge in [0.25, 0.3) is 0 Å². The summed E-state index contributed by atoms with van der Waals surface area (Å²) in [5, 5.41) is 3.58. The number of benzene rings is 1. The molecule has 0 fully saturated rings. The minimum absolute atomic E-state index is 0.442. The first-order valence-corrected chi connectivity index (χ1v) is 7.22. The summed E-state index contributed by atoms with van der Waals surface area (Å²) in [7, 11) is 2.20. The lowest BCUT2D eigenvalue weighted by atomic mass is 10.0. The van der Waals surface area contributed by atoms with Gasteiger partial charge in [0, 0.05) is 12.6 Å². The van der Waals surface area contributed by atoms with Gasteiger partial charge in [0.1, 0.15) is 0 Å². The summed E-state index contributed by atoms with van der Waals surface area (Å²) >= 11 is 0. The molecule has 0 saturated carbocycles. The molecule has 1 aromatic carbocycles. The Balaban J connectivity index is 2.69. The van der Waals surface area contributed by atoms with Crippen LogP contribution in [0.25, 0.3) is 0 Å². The molecule has 1 unspecified atom stereocenters. The SMILES string of the molecule is CCCN(C)CC(NCC)c1ccc(CC)cc1. The maximum Gasteiger partial charge on any atom is 0.0449 e. The van der Waals surface area contributed by atoms with Gasteiger partial charge in [0.2, 0.25) is 0 Å². The Labute approximate surface area is 112 Å². The molecule has 0 heterocycles. The molecule has 1 rings (SSSR count). The number of nitrogens with zero attached hydrogens (tertiary/aromatic N) is 1. The summed E-state index contributed by atoms with van der Waals surface area (Å²) in [5.41, 5.74) is 2.81. The standard InChI is InChI=1S/C16H28N2/c1-5-12-18(4)13-16(17-7-3)15-10-8-14(6-2)9-11-15/h8-11,16-17H,5-7,12-13H2,1-4H3. The van der Waals surface area contributed by atoms with Gasteiger partial charge in [-0.05, 0) is 44.1 Å². The molecule has 102 valence electrons. The summed E-state index contributed by atoms with van der Waals surface area (Å²) in [6.07, 6.45) is 2.33. The molecular weight excluding hydrogens is 220 g/mol. The summed E-state index contributed by atoms with van der Waals surface area (Å²) < 4.78 is 0. The lowest BCUT2D eigenvalue weighted by molar-refractivity contribution is 0.292. The Kier molecular flexibility index (Phi) is 6.99. The van der Waals surface area contributed by atoms with Gasteiger partial charge in [-0.15, -0.1) is 0 Å². The highest BCUT2D eigenvalue weighted by atomic mass is 15.1. The Morgan fingerprint density at radius 1 is 1.11 bits per heavy atom. The van der Waals surface area contributed by atoms with Crippen LogP contribution in [0.2, 0.25) is 0 Å². The zero-order chi connectivity index (χ0) is 13.4. The quantitative estimate of drug-likeness (QED) is 0.760. The summed E-state index contributed by atoms with van der Waals surface area (Å²) in [4.78, 5) is 2.40. The number of rotatable bonds is 8. The van der Waals surface area contributed by atoms with Crippen molar-refractivity contribution in [3.8, 4) is 0 Å². The number of hydrogen-bond acceptors (Lipinski definition) is 2. The topological polar surface area (TPSA) is 15.3 Å². The minimum Gasteiger partial charge on any atom is -0.309 e.